The van der Waals surface area contributed by atoms with Crippen LogP contribution in [0, 0.1) is 0 Å². The highest BCUT2D eigenvalue weighted by atomic mass is 28.4. The highest BCUT2D eigenvalue weighted by Gasteiger charge is 2.33. The maximum Gasteiger partial charge on any atom is 0.217 e. The summed E-state index contributed by atoms with van der Waals surface area (Å²) >= 11 is 0. The van der Waals surface area contributed by atoms with Gasteiger partial charge in [0.05, 0.1) is 0 Å². The Balaban J connectivity index is 3.02. The van der Waals surface area contributed by atoms with Gasteiger partial charge in [-0.05, 0) is 26.4 Å². The lowest BCUT2D eigenvalue weighted by atomic mass is 10.3. The van der Waals surface area contributed by atoms with Crippen molar-refractivity contribution in [2.24, 2.45) is 0 Å². The summed E-state index contributed by atoms with van der Waals surface area (Å²) < 4.78 is 0. The number of rotatable bonds is 1. The van der Waals surface area contributed by atoms with Gasteiger partial charge >= 0.3 is 0 Å². The van der Waals surface area contributed by atoms with Crippen LogP contribution in [0.4, 0.5) is 0 Å². The van der Waals surface area contributed by atoms with E-state index in [1.807, 2.05) is 6.92 Å². The van der Waals surface area contributed by atoms with E-state index in [1.54, 1.807) is 13.1 Å². The highest BCUT2D eigenvalue weighted by Crippen LogP contribution is 2.28. The van der Waals surface area contributed by atoms with Gasteiger partial charge in [-0.1, -0.05) is 5.57 Å². The highest BCUT2D eigenvalue weighted by molar-refractivity contribution is 6.82. The average molecular weight is 170 g/mol. The van der Waals surface area contributed by atoms with E-state index in [-0.39, 0.29) is 5.78 Å². The van der Waals surface area contributed by atoms with E-state index < -0.39 is 8.32 Å². The zero-order chi connectivity index (χ0) is 8.65. The number of carbonyl (C=O) groups excluding carboxylic acids is 1. The van der Waals surface area contributed by atoms with E-state index in [2.05, 4.69) is 0 Å². The summed E-state index contributed by atoms with van der Waals surface area (Å²) in [6.45, 7) is 5.55. The third kappa shape index (κ3) is 1.60. The molecule has 0 heterocycles. The first-order chi connectivity index (χ1) is 4.93. The van der Waals surface area contributed by atoms with Crippen molar-refractivity contribution in [2.45, 2.75) is 32.9 Å². The van der Waals surface area contributed by atoms with Gasteiger partial charge in [-0.3, -0.25) is 4.79 Å². The van der Waals surface area contributed by atoms with Crippen molar-refractivity contribution >= 4 is 14.1 Å². The second kappa shape index (κ2) is 2.57. The van der Waals surface area contributed by atoms with Crippen molar-refractivity contribution in [1.82, 2.24) is 0 Å². The van der Waals surface area contributed by atoms with Crippen LogP contribution in [0.25, 0.3) is 0 Å². The molecule has 0 aromatic rings. The fraction of sp³-hybridized carbons (Fsp3) is 0.625. The van der Waals surface area contributed by atoms with E-state index in [1.165, 1.54) is 0 Å². The van der Waals surface area contributed by atoms with Crippen LogP contribution in [0.5, 0.6) is 0 Å². The molecular formula is C8H14O2Si. The van der Waals surface area contributed by atoms with Gasteiger partial charge in [-0.25, -0.2) is 0 Å². The molecule has 0 saturated carbocycles. The topological polar surface area (TPSA) is 37.3 Å². The van der Waals surface area contributed by atoms with Crippen LogP contribution in [0.15, 0.2) is 10.8 Å². The first kappa shape index (κ1) is 8.68. The molecule has 0 atom stereocenters. The van der Waals surface area contributed by atoms with Gasteiger partial charge in [0.25, 0.3) is 0 Å². The fourth-order valence-electron chi connectivity index (χ4n) is 1.65. The number of carbonyl (C=O) groups is 1. The smallest absolute Gasteiger partial charge is 0.217 e. The largest absolute Gasteiger partial charge is 0.428 e. The summed E-state index contributed by atoms with van der Waals surface area (Å²) in [6, 6.07) is 0. The Kier molecular flexibility index (Phi) is 2.03. The molecule has 1 aliphatic rings. The van der Waals surface area contributed by atoms with Crippen LogP contribution in [-0.4, -0.2) is 18.9 Å². The molecule has 2 nitrogen and oxygen atoms in total. The van der Waals surface area contributed by atoms with Gasteiger partial charge in [0.15, 0.2) is 5.78 Å². The summed E-state index contributed by atoms with van der Waals surface area (Å²) in [7, 11) is -2.32. The van der Waals surface area contributed by atoms with Crippen LogP contribution in [0.3, 0.4) is 0 Å². The lowest BCUT2D eigenvalue weighted by Crippen LogP contribution is -2.32. The van der Waals surface area contributed by atoms with Gasteiger partial charge in [0.1, 0.15) is 0 Å². The second-order valence-corrected chi connectivity index (χ2v) is 7.26. The van der Waals surface area contributed by atoms with Crippen molar-refractivity contribution in [2.75, 3.05) is 0 Å². The lowest BCUT2D eigenvalue weighted by molar-refractivity contribution is -0.114. The lowest BCUT2D eigenvalue weighted by Gasteiger charge is -2.15. The summed E-state index contributed by atoms with van der Waals surface area (Å²) in [4.78, 5) is 21.0. The molecule has 0 aliphatic heterocycles. The quantitative estimate of drug-likeness (QED) is 0.604. The SMILES string of the molecule is CC1=C([Si](C)(C)O)C(=O)CC1. The summed E-state index contributed by atoms with van der Waals surface area (Å²) in [6.07, 6.45) is 1.46. The van der Waals surface area contributed by atoms with Crippen LogP contribution < -0.4 is 0 Å². The molecule has 0 unspecified atom stereocenters. The van der Waals surface area contributed by atoms with E-state index in [4.69, 9.17) is 0 Å². The van der Waals surface area contributed by atoms with Gasteiger partial charge in [-0.15, -0.1) is 0 Å². The van der Waals surface area contributed by atoms with E-state index >= 15 is 0 Å². The summed E-state index contributed by atoms with van der Waals surface area (Å²) in [5.74, 6) is 0.168. The Labute approximate surface area is 68.1 Å². The third-order valence-corrected chi connectivity index (χ3v) is 3.97. The maximum absolute atomic E-state index is 11.2. The van der Waals surface area contributed by atoms with E-state index in [9.17, 15) is 9.59 Å². The molecule has 0 radical (unpaired) electrons. The Morgan fingerprint density at radius 1 is 1.36 bits per heavy atom. The minimum atomic E-state index is -2.32. The minimum Gasteiger partial charge on any atom is -0.428 e. The Bertz CT molecular complexity index is 223. The van der Waals surface area contributed by atoms with Crippen molar-refractivity contribution in [3.63, 3.8) is 0 Å². The summed E-state index contributed by atoms with van der Waals surface area (Å²) in [5, 5.41) is 0.762. The van der Waals surface area contributed by atoms with Crippen LogP contribution in [-0.2, 0) is 4.79 Å². The van der Waals surface area contributed by atoms with Crippen molar-refractivity contribution in [3.8, 4) is 0 Å². The van der Waals surface area contributed by atoms with Crippen molar-refractivity contribution in [1.29, 1.82) is 0 Å². The fourth-order valence-corrected chi connectivity index (χ4v) is 3.63. The Morgan fingerprint density at radius 2 is 1.91 bits per heavy atom. The van der Waals surface area contributed by atoms with Gasteiger partial charge in [-0.2, -0.15) is 0 Å². The number of Topliss-reactive ketones (excluding diaryl/α,β-unsaturated/α-hetero) is 1. The zero-order valence-electron chi connectivity index (χ0n) is 7.27. The third-order valence-electron chi connectivity index (χ3n) is 2.04. The Morgan fingerprint density at radius 3 is 2.09 bits per heavy atom. The van der Waals surface area contributed by atoms with Gasteiger partial charge in [0.2, 0.25) is 8.32 Å². The molecule has 1 N–H and O–H groups in total. The molecule has 0 amide bonds. The predicted octanol–water partition coefficient (Wildman–Crippen LogP) is 1.40. The van der Waals surface area contributed by atoms with Crippen molar-refractivity contribution < 1.29 is 9.59 Å². The van der Waals surface area contributed by atoms with E-state index in [0.717, 1.165) is 17.2 Å². The Hall–Kier alpha value is -0.413. The number of hydrogen-bond donors (Lipinski definition) is 1. The molecule has 0 saturated heterocycles. The first-order valence-electron chi connectivity index (χ1n) is 3.88. The number of ketones is 1. The van der Waals surface area contributed by atoms with Gasteiger partial charge < -0.3 is 4.80 Å². The standard InChI is InChI=1S/C8H14O2Si/c1-6-4-5-7(9)8(6)11(2,3)10/h10H,4-5H2,1-3H3. The second-order valence-electron chi connectivity index (χ2n) is 3.64. The molecule has 11 heavy (non-hydrogen) atoms. The summed E-state index contributed by atoms with van der Waals surface area (Å²) in [5.41, 5.74) is 1.11. The first-order valence-corrected chi connectivity index (χ1v) is 6.83. The molecule has 0 aromatic heterocycles. The molecule has 0 fully saturated rings. The molecular weight excluding hydrogens is 156 g/mol. The average Bonchev–Trinajstić information content (AvgIpc) is 2.08. The van der Waals surface area contributed by atoms with Crippen LogP contribution in [0.1, 0.15) is 19.8 Å². The van der Waals surface area contributed by atoms with Gasteiger partial charge in [0, 0.05) is 11.6 Å². The zero-order valence-corrected chi connectivity index (χ0v) is 8.27. The van der Waals surface area contributed by atoms with Crippen LogP contribution in [0.2, 0.25) is 13.1 Å². The molecule has 3 heteroatoms. The monoisotopic (exact) mass is 170 g/mol. The van der Waals surface area contributed by atoms with Crippen molar-refractivity contribution in [3.05, 3.63) is 10.8 Å². The molecule has 0 bridgehead atoms. The molecule has 62 valence electrons. The normalized spacial score (nSPS) is 19.8. The molecule has 1 rings (SSSR count). The van der Waals surface area contributed by atoms with Crippen LogP contribution >= 0.6 is 0 Å². The minimum absolute atomic E-state index is 0.168. The molecule has 0 aromatic carbocycles. The molecule has 0 spiro atoms. The van der Waals surface area contributed by atoms with E-state index in [0.29, 0.717) is 6.42 Å². The predicted molar refractivity (Wildman–Crippen MR) is 46.6 cm³/mol. The maximum atomic E-state index is 11.2. The number of allylic oxidation sites excluding steroid dienone is 2. The number of hydrogen-bond acceptors (Lipinski definition) is 2. The molecule has 1 aliphatic carbocycles.